The van der Waals surface area contributed by atoms with Crippen molar-refractivity contribution in [3.8, 4) is 0 Å². The van der Waals surface area contributed by atoms with Crippen molar-refractivity contribution in [2.45, 2.75) is 40.5 Å². The molecule has 0 saturated carbocycles. The average Bonchev–Trinajstić information content (AvgIpc) is 2.50. The van der Waals surface area contributed by atoms with E-state index in [4.69, 9.17) is 0 Å². The van der Waals surface area contributed by atoms with Gasteiger partial charge in [-0.2, -0.15) is 0 Å². The zero-order chi connectivity index (χ0) is 20.4. The van der Waals surface area contributed by atoms with Crippen molar-refractivity contribution in [1.82, 2.24) is 0 Å². The first kappa shape index (κ1) is 21.0. The zero-order valence-corrected chi connectivity index (χ0v) is 17.6. The van der Waals surface area contributed by atoms with Gasteiger partial charge in [0.15, 0.2) is 0 Å². The minimum Gasteiger partial charge on any atom is -0.324 e. The molecule has 1 N–H and O–H groups in total. The Balaban J connectivity index is 2.38. The summed E-state index contributed by atoms with van der Waals surface area (Å²) < 4.78 is 26.2. The smallest absolute Gasteiger partial charge is 0.245 e. The Kier molecular flexibility index (Phi) is 6.31. The molecule has 5 nitrogen and oxygen atoms in total. The molecule has 146 valence electrons. The molecule has 0 aliphatic carbocycles. The third-order valence-corrected chi connectivity index (χ3v) is 5.45. The number of nitrogens with zero attached hydrogens (tertiary/aromatic N) is 1. The summed E-state index contributed by atoms with van der Waals surface area (Å²) in [6.07, 6.45) is 1.13. The Labute approximate surface area is 162 Å². The van der Waals surface area contributed by atoms with Crippen LogP contribution in [0.2, 0.25) is 0 Å². The van der Waals surface area contributed by atoms with E-state index >= 15 is 0 Å². The van der Waals surface area contributed by atoms with E-state index in [9.17, 15) is 13.2 Å². The molecule has 0 radical (unpaired) electrons. The van der Waals surface area contributed by atoms with E-state index in [1.807, 2.05) is 71.0 Å². The SMILES string of the molecule is Cc1cc(C)cc(NC(=O)CN(c2c(C)cccc2C(C)C)S(C)(=O)=O)c1. The minimum atomic E-state index is -3.63. The molecular weight excluding hydrogens is 360 g/mol. The molecule has 0 saturated heterocycles. The fourth-order valence-corrected chi connectivity index (χ4v) is 4.16. The lowest BCUT2D eigenvalue weighted by molar-refractivity contribution is -0.114. The maximum atomic E-state index is 12.6. The van der Waals surface area contributed by atoms with E-state index in [0.717, 1.165) is 28.5 Å². The molecule has 0 aliphatic heterocycles. The van der Waals surface area contributed by atoms with Crippen LogP contribution in [-0.2, 0) is 14.8 Å². The summed E-state index contributed by atoms with van der Waals surface area (Å²) in [5.74, 6) is -0.241. The number of hydrogen-bond acceptors (Lipinski definition) is 3. The van der Waals surface area contributed by atoms with Crippen molar-refractivity contribution in [2.24, 2.45) is 0 Å². The van der Waals surface area contributed by atoms with Gasteiger partial charge >= 0.3 is 0 Å². The van der Waals surface area contributed by atoms with Crippen molar-refractivity contribution in [1.29, 1.82) is 0 Å². The molecule has 0 aromatic heterocycles. The van der Waals surface area contributed by atoms with Crippen LogP contribution < -0.4 is 9.62 Å². The molecule has 1 amide bonds. The molecule has 0 atom stereocenters. The largest absolute Gasteiger partial charge is 0.324 e. The van der Waals surface area contributed by atoms with E-state index in [2.05, 4.69) is 5.32 Å². The summed E-state index contributed by atoms with van der Waals surface area (Å²) in [5, 5.41) is 2.82. The topological polar surface area (TPSA) is 66.5 Å². The Morgan fingerprint density at radius 2 is 1.67 bits per heavy atom. The Morgan fingerprint density at radius 3 is 2.19 bits per heavy atom. The van der Waals surface area contributed by atoms with Gasteiger partial charge in [0, 0.05) is 5.69 Å². The fourth-order valence-electron chi connectivity index (χ4n) is 3.23. The van der Waals surface area contributed by atoms with Gasteiger partial charge in [0.05, 0.1) is 11.9 Å². The molecule has 0 spiro atoms. The fraction of sp³-hybridized carbons (Fsp3) is 0.381. The van der Waals surface area contributed by atoms with E-state index in [-0.39, 0.29) is 18.4 Å². The molecule has 0 heterocycles. The van der Waals surface area contributed by atoms with Gasteiger partial charge in [0.25, 0.3) is 0 Å². The molecule has 0 aliphatic rings. The van der Waals surface area contributed by atoms with E-state index in [1.165, 1.54) is 4.31 Å². The highest BCUT2D eigenvalue weighted by atomic mass is 32.2. The molecule has 2 aromatic rings. The van der Waals surface area contributed by atoms with Crippen LogP contribution in [0.5, 0.6) is 0 Å². The van der Waals surface area contributed by atoms with E-state index < -0.39 is 10.0 Å². The number of nitrogens with one attached hydrogen (secondary N) is 1. The second-order valence-corrected chi connectivity index (χ2v) is 9.27. The quantitative estimate of drug-likeness (QED) is 0.809. The number of carbonyl (C=O) groups is 1. The first-order chi connectivity index (χ1) is 12.5. The third kappa shape index (κ3) is 5.32. The first-order valence-corrected chi connectivity index (χ1v) is 10.8. The van der Waals surface area contributed by atoms with Gasteiger partial charge in [0.1, 0.15) is 6.54 Å². The van der Waals surface area contributed by atoms with Crippen molar-refractivity contribution in [3.05, 3.63) is 58.7 Å². The molecular formula is C21H28N2O3S. The van der Waals surface area contributed by atoms with Crippen LogP contribution in [0.3, 0.4) is 0 Å². The highest BCUT2D eigenvalue weighted by Crippen LogP contribution is 2.32. The Morgan fingerprint density at radius 1 is 1.07 bits per heavy atom. The second-order valence-electron chi connectivity index (χ2n) is 7.36. The lowest BCUT2D eigenvalue weighted by atomic mass is 9.98. The normalized spacial score (nSPS) is 11.5. The molecule has 2 rings (SSSR count). The number of rotatable bonds is 6. The molecule has 0 bridgehead atoms. The maximum Gasteiger partial charge on any atom is 0.245 e. The van der Waals surface area contributed by atoms with Gasteiger partial charge in [-0.05, 0) is 61.1 Å². The second kappa shape index (κ2) is 8.13. The number of para-hydroxylation sites is 1. The van der Waals surface area contributed by atoms with Crippen molar-refractivity contribution < 1.29 is 13.2 Å². The van der Waals surface area contributed by atoms with Crippen LogP contribution in [0.1, 0.15) is 42.0 Å². The molecule has 27 heavy (non-hydrogen) atoms. The standard InChI is InChI=1S/C21H28N2O3S/c1-14(2)19-9-7-8-17(5)21(19)23(27(6,25)26)13-20(24)22-18-11-15(3)10-16(4)12-18/h7-12,14H,13H2,1-6H3,(H,22,24). The van der Waals surface area contributed by atoms with Crippen LogP contribution >= 0.6 is 0 Å². The van der Waals surface area contributed by atoms with Gasteiger partial charge in [-0.1, -0.05) is 38.1 Å². The highest BCUT2D eigenvalue weighted by Gasteiger charge is 2.25. The lowest BCUT2D eigenvalue weighted by Crippen LogP contribution is -2.38. The zero-order valence-electron chi connectivity index (χ0n) is 16.8. The molecule has 2 aromatic carbocycles. The van der Waals surface area contributed by atoms with Crippen LogP contribution in [0.15, 0.2) is 36.4 Å². The summed E-state index contributed by atoms with van der Waals surface area (Å²) in [5.41, 5.74) is 5.05. The van der Waals surface area contributed by atoms with Crippen LogP contribution in [-0.4, -0.2) is 27.1 Å². The summed E-state index contributed by atoms with van der Waals surface area (Å²) in [7, 11) is -3.63. The first-order valence-electron chi connectivity index (χ1n) is 8.94. The summed E-state index contributed by atoms with van der Waals surface area (Å²) >= 11 is 0. The minimum absolute atomic E-state index is 0.131. The predicted octanol–water partition coefficient (Wildman–Crippen LogP) is 4.14. The van der Waals surface area contributed by atoms with Gasteiger partial charge < -0.3 is 5.32 Å². The van der Waals surface area contributed by atoms with Crippen LogP contribution in [0.25, 0.3) is 0 Å². The molecule has 0 fully saturated rings. The maximum absolute atomic E-state index is 12.6. The predicted molar refractivity (Wildman–Crippen MR) is 112 cm³/mol. The average molecular weight is 389 g/mol. The van der Waals surface area contributed by atoms with Crippen LogP contribution in [0, 0.1) is 20.8 Å². The lowest BCUT2D eigenvalue weighted by Gasteiger charge is -2.27. The summed E-state index contributed by atoms with van der Waals surface area (Å²) in [6, 6.07) is 11.4. The number of hydrogen-bond donors (Lipinski definition) is 1. The molecule has 0 unspecified atom stereocenters. The van der Waals surface area contributed by atoms with Gasteiger partial charge in [-0.25, -0.2) is 8.42 Å². The summed E-state index contributed by atoms with van der Waals surface area (Å²) in [6.45, 7) is 9.52. The van der Waals surface area contributed by atoms with E-state index in [1.54, 1.807) is 0 Å². The number of sulfonamides is 1. The van der Waals surface area contributed by atoms with Crippen molar-refractivity contribution in [2.75, 3.05) is 22.4 Å². The number of aryl methyl sites for hydroxylation is 3. The highest BCUT2D eigenvalue weighted by molar-refractivity contribution is 7.92. The van der Waals surface area contributed by atoms with Crippen molar-refractivity contribution >= 4 is 27.3 Å². The monoisotopic (exact) mass is 388 g/mol. The molecule has 6 heteroatoms. The van der Waals surface area contributed by atoms with Gasteiger partial charge in [-0.15, -0.1) is 0 Å². The number of carbonyl (C=O) groups excluding carboxylic acids is 1. The van der Waals surface area contributed by atoms with Gasteiger partial charge in [-0.3, -0.25) is 9.10 Å². The summed E-state index contributed by atoms with van der Waals surface area (Å²) in [4.78, 5) is 12.6. The van der Waals surface area contributed by atoms with Crippen molar-refractivity contribution in [3.63, 3.8) is 0 Å². The third-order valence-electron chi connectivity index (χ3n) is 4.33. The number of amides is 1. The Hall–Kier alpha value is -2.34. The number of benzene rings is 2. The van der Waals surface area contributed by atoms with E-state index in [0.29, 0.717) is 11.4 Å². The Bertz CT molecular complexity index is 930. The van der Waals surface area contributed by atoms with Crippen LogP contribution in [0.4, 0.5) is 11.4 Å². The number of anilines is 2. The van der Waals surface area contributed by atoms with Gasteiger partial charge in [0.2, 0.25) is 15.9 Å².